The largest absolute Gasteiger partial charge is 0.454 e. The fourth-order valence-corrected chi connectivity index (χ4v) is 8.27. The van der Waals surface area contributed by atoms with E-state index in [4.69, 9.17) is 4.74 Å². The van der Waals surface area contributed by atoms with Crippen LogP contribution in [0.25, 0.3) is 22.2 Å². The maximum Gasteiger partial charge on any atom is 0.269 e. The number of rotatable bonds is 7. The Bertz CT molecular complexity index is 2220. The molecule has 0 amide bonds. The second-order valence-electron chi connectivity index (χ2n) is 10.4. The van der Waals surface area contributed by atoms with E-state index < -0.39 is 36.2 Å². The molecule has 3 aromatic carbocycles. The lowest BCUT2D eigenvalue weighted by atomic mass is 10.0. The van der Waals surface area contributed by atoms with Crippen LogP contribution in [-0.2, 0) is 19.9 Å². The molecule has 0 N–H and O–H groups in total. The van der Waals surface area contributed by atoms with E-state index in [2.05, 4.69) is 4.98 Å². The summed E-state index contributed by atoms with van der Waals surface area (Å²) in [7, 11) is -8.17. The van der Waals surface area contributed by atoms with Crippen LogP contribution in [0.4, 0.5) is 8.78 Å². The summed E-state index contributed by atoms with van der Waals surface area (Å²) in [5.74, 6) is -2.07. The molecule has 5 aromatic rings. The number of benzene rings is 3. The number of sulfone groups is 1. The number of hydrogen-bond acceptors (Lipinski definition) is 7. The van der Waals surface area contributed by atoms with Gasteiger partial charge in [0, 0.05) is 28.9 Å². The van der Waals surface area contributed by atoms with Gasteiger partial charge in [0.25, 0.3) is 10.0 Å². The van der Waals surface area contributed by atoms with Gasteiger partial charge in [0.1, 0.15) is 11.6 Å². The molecule has 43 heavy (non-hydrogen) atoms. The Labute approximate surface area is 246 Å². The van der Waals surface area contributed by atoms with Crippen molar-refractivity contribution in [3.05, 3.63) is 102 Å². The van der Waals surface area contributed by atoms with Crippen LogP contribution in [0, 0.1) is 36.8 Å². The van der Waals surface area contributed by atoms with E-state index in [9.17, 15) is 30.9 Å². The summed E-state index contributed by atoms with van der Waals surface area (Å²) >= 11 is 0. The van der Waals surface area contributed by atoms with Crippen LogP contribution in [-0.4, -0.2) is 30.5 Å². The number of pyridine rings is 1. The molecular weight excluding hydrogens is 596 g/mol. The summed E-state index contributed by atoms with van der Waals surface area (Å²) in [6.45, 7) is 3.33. The lowest BCUT2D eigenvalue weighted by molar-refractivity contribution is 0.438. The second-order valence-corrected chi connectivity index (χ2v) is 14.4. The van der Waals surface area contributed by atoms with E-state index >= 15 is 0 Å². The average molecular weight is 620 g/mol. The number of nitriles is 1. The Morgan fingerprint density at radius 1 is 0.907 bits per heavy atom. The summed E-state index contributed by atoms with van der Waals surface area (Å²) < 4.78 is 88.0. The van der Waals surface area contributed by atoms with E-state index in [-0.39, 0.29) is 45.3 Å². The molecule has 0 aliphatic heterocycles. The normalized spacial score (nSPS) is 14.4. The number of aromatic nitrogens is 2. The number of nitrogens with zero attached hydrogens (tertiary/aromatic N) is 3. The molecule has 1 saturated carbocycles. The number of halogens is 2. The molecule has 0 unspecified atom stereocenters. The Morgan fingerprint density at radius 2 is 1.63 bits per heavy atom. The molecule has 1 fully saturated rings. The van der Waals surface area contributed by atoms with Crippen molar-refractivity contribution in [2.75, 3.05) is 0 Å². The standard InChI is InChI=1S/C31H23F2N3O5S2/c1-19-5-3-4-6-29(19)43(39,40)36-14-11-23-24(15-20(2)35-30(23)36)25-17-22(42(37,38)31(18-34)12-13-31)8-10-27(25)41-28-9-7-21(32)16-26(28)33/h3-11,14-17H,12-13H2,1-2H3. The number of ether oxygens (including phenoxy) is 1. The Balaban J connectivity index is 1.59. The van der Waals surface area contributed by atoms with Gasteiger partial charge in [0.15, 0.2) is 31.8 Å². The fourth-order valence-electron chi connectivity index (χ4n) is 5.01. The molecule has 0 saturated heterocycles. The first kappa shape index (κ1) is 28.5. The number of aryl methyl sites for hydroxylation is 2. The third kappa shape index (κ3) is 4.65. The van der Waals surface area contributed by atoms with Crippen LogP contribution in [0.15, 0.2) is 88.8 Å². The first-order valence-corrected chi connectivity index (χ1v) is 16.0. The second kappa shape index (κ2) is 10.00. The highest BCUT2D eigenvalue weighted by atomic mass is 32.2. The van der Waals surface area contributed by atoms with Crippen molar-refractivity contribution in [3.8, 4) is 28.7 Å². The summed E-state index contributed by atoms with van der Waals surface area (Å²) in [4.78, 5) is 4.43. The van der Waals surface area contributed by atoms with Gasteiger partial charge < -0.3 is 4.74 Å². The van der Waals surface area contributed by atoms with Gasteiger partial charge >= 0.3 is 0 Å². The van der Waals surface area contributed by atoms with Crippen LogP contribution in [0.3, 0.4) is 0 Å². The first-order chi connectivity index (χ1) is 20.4. The van der Waals surface area contributed by atoms with Gasteiger partial charge in [-0.2, -0.15) is 5.26 Å². The maximum atomic E-state index is 14.6. The predicted molar refractivity (Wildman–Crippen MR) is 155 cm³/mol. The van der Waals surface area contributed by atoms with Crippen molar-refractivity contribution in [1.29, 1.82) is 5.26 Å². The minimum absolute atomic E-state index is 0.0210. The minimum atomic E-state index is -4.09. The van der Waals surface area contributed by atoms with Crippen molar-refractivity contribution < 1.29 is 30.4 Å². The van der Waals surface area contributed by atoms with Gasteiger partial charge in [-0.25, -0.2) is 34.6 Å². The topological polar surface area (TPSA) is 119 Å². The summed E-state index contributed by atoms with van der Waals surface area (Å²) in [5.41, 5.74) is 1.57. The predicted octanol–water partition coefficient (Wildman–Crippen LogP) is 6.46. The molecule has 0 atom stereocenters. The van der Waals surface area contributed by atoms with Gasteiger partial charge in [-0.05, 0) is 86.3 Å². The first-order valence-electron chi connectivity index (χ1n) is 13.1. The van der Waals surface area contributed by atoms with Crippen molar-refractivity contribution in [2.24, 2.45) is 0 Å². The molecule has 2 aromatic heterocycles. The van der Waals surface area contributed by atoms with E-state index in [1.807, 2.05) is 6.07 Å². The molecule has 8 nitrogen and oxygen atoms in total. The SMILES string of the molecule is Cc1cc(-c2cc(S(=O)(=O)C3(C#N)CC3)ccc2Oc2ccc(F)cc2F)c2ccn(S(=O)(=O)c3ccccc3C)c2n1. The van der Waals surface area contributed by atoms with Crippen LogP contribution in [0.1, 0.15) is 24.1 Å². The molecular formula is C31H23F2N3O5S2. The summed E-state index contributed by atoms with van der Waals surface area (Å²) in [6, 6.07) is 18.3. The molecule has 6 rings (SSSR count). The molecule has 0 radical (unpaired) electrons. The van der Waals surface area contributed by atoms with Crippen molar-refractivity contribution in [2.45, 2.75) is 41.2 Å². The average Bonchev–Trinajstić information content (AvgIpc) is 3.67. The summed E-state index contributed by atoms with van der Waals surface area (Å²) in [6.07, 6.45) is 1.74. The van der Waals surface area contributed by atoms with E-state index in [0.29, 0.717) is 28.3 Å². The molecule has 2 heterocycles. The maximum absolute atomic E-state index is 14.6. The van der Waals surface area contributed by atoms with Crippen molar-refractivity contribution >= 4 is 30.9 Å². The van der Waals surface area contributed by atoms with Gasteiger partial charge in [0.2, 0.25) is 0 Å². The smallest absolute Gasteiger partial charge is 0.269 e. The van der Waals surface area contributed by atoms with Crippen LogP contribution in [0.2, 0.25) is 0 Å². The highest BCUT2D eigenvalue weighted by molar-refractivity contribution is 7.93. The van der Waals surface area contributed by atoms with Crippen LogP contribution in [0.5, 0.6) is 11.5 Å². The molecule has 0 spiro atoms. The third-order valence-electron chi connectivity index (χ3n) is 7.47. The highest BCUT2D eigenvalue weighted by Gasteiger charge is 2.56. The molecule has 1 aliphatic rings. The fraction of sp³-hybridized carbons (Fsp3) is 0.161. The highest BCUT2D eigenvalue weighted by Crippen LogP contribution is 2.48. The van der Waals surface area contributed by atoms with Gasteiger partial charge in [-0.15, -0.1) is 0 Å². The lowest BCUT2D eigenvalue weighted by Gasteiger charge is -2.17. The van der Waals surface area contributed by atoms with Crippen LogP contribution < -0.4 is 4.74 Å². The van der Waals surface area contributed by atoms with Crippen LogP contribution >= 0.6 is 0 Å². The lowest BCUT2D eigenvalue weighted by Crippen LogP contribution is -2.21. The molecule has 218 valence electrons. The van der Waals surface area contributed by atoms with Crippen molar-refractivity contribution in [3.63, 3.8) is 0 Å². The quantitative estimate of drug-likeness (QED) is 0.205. The third-order valence-corrected chi connectivity index (χ3v) is 11.7. The summed E-state index contributed by atoms with van der Waals surface area (Å²) in [5, 5.41) is 9.97. The zero-order valence-corrected chi connectivity index (χ0v) is 24.5. The van der Waals surface area contributed by atoms with Gasteiger partial charge in [0.05, 0.1) is 15.9 Å². The molecule has 0 bridgehead atoms. The van der Waals surface area contributed by atoms with E-state index in [0.717, 1.165) is 16.1 Å². The Morgan fingerprint density at radius 3 is 2.30 bits per heavy atom. The van der Waals surface area contributed by atoms with Crippen molar-refractivity contribution in [1.82, 2.24) is 8.96 Å². The zero-order valence-electron chi connectivity index (χ0n) is 22.9. The zero-order chi connectivity index (χ0) is 30.7. The Hall–Kier alpha value is -4.60. The Kier molecular flexibility index (Phi) is 6.63. The molecule has 12 heteroatoms. The van der Waals surface area contributed by atoms with Gasteiger partial charge in [-0.1, -0.05) is 18.2 Å². The number of fused-ring (bicyclic) bond motifs is 1. The van der Waals surface area contributed by atoms with Gasteiger partial charge in [-0.3, -0.25) is 0 Å². The minimum Gasteiger partial charge on any atom is -0.454 e. The molecule has 1 aliphatic carbocycles. The monoisotopic (exact) mass is 619 g/mol. The van der Waals surface area contributed by atoms with E-state index in [1.165, 1.54) is 36.5 Å². The number of hydrogen-bond donors (Lipinski definition) is 0. The van der Waals surface area contributed by atoms with E-state index in [1.54, 1.807) is 38.1 Å².